The molecule has 0 bridgehead atoms. The van der Waals surface area contributed by atoms with E-state index in [1.165, 1.54) is 12.1 Å². The summed E-state index contributed by atoms with van der Waals surface area (Å²) in [5.41, 5.74) is 1.42. The maximum absolute atomic E-state index is 13.2. The Bertz CT molecular complexity index is 484. The van der Waals surface area contributed by atoms with Gasteiger partial charge in [0, 0.05) is 11.7 Å². The molecule has 1 aromatic rings. The highest BCUT2D eigenvalue weighted by molar-refractivity contribution is 5.92. The Balaban J connectivity index is 1.89. The molecule has 0 spiro atoms. The number of likely N-dealkylation sites (N-methyl/N-ethyl adjacent to an activating group) is 1. The van der Waals surface area contributed by atoms with Crippen LogP contribution in [0, 0.1) is 12.7 Å². The molecule has 1 amide bonds. The zero-order chi connectivity index (χ0) is 15.2. The molecule has 2 rings (SSSR count). The van der Waals surface area contributed by atoms with Gasteiger partial charge in [0.25, 0.3) is 0 Å². The van der Waals surface area contributed by atoms with Crippen molar-refractivity contribution < 1.29 is 9.18 Å². The molecule has 1 fully saturated rings. The van der Waals surface area contributed by atoms with Gasteiger partial charge < -0.3 is 10.6 Å². The number of amides is 1. The van der Waals surface area contributed by atoms with Crippen LogP contribution in [0.1, 0.15) is 24.8 Å². The molecule has 1 heterocycles. The largest absolute Gasteiger partial charge is 0.325 e. The molecule has 0 saturated carbocycles. The molecule has 1 saturated heterocycles. The van der Waals surface area contributed by atoms with Crippen LogP contribution in [0.4, 0.5) is 10.1 Å². The molecule has 21 heavy (non-hydrogen) atoms. The molecule has 0 aliphatic carbocycles. The lowest BCUT2D eigenvalue weighted by molar-refractivity contribution is -0.117. The number of anilines is 1. The van der Waals surface area contributed by atoms with Gasteiger partial charge in [-0.3, -0.25) is 9.69 Å². The summed E-state index contributed by atoms with van der Waals surface area (Å²) in [7, 11) is 1.98. The van der Waals surface area contributed by atoms with Gasteiger partial charge in [-0.1, -0.05) is 6.07 Å². The number of carbonyl (C=O) groups is 1. The monoisotopic (exact) mass is 293 g/mol. The normalized spacial score (nSPS) is 19.3. The lowest BCUT2D eigenvalue weighted by Crippen LogP contribution is -2.38. The topological polar surface area (TPSA) is 44.4 Å². The highest BCUT2D eigenvalue weighted by atomic mass is 19.1. The smallest absolute Gasteiger partial charge is 0.238 e. The molecular weight excluding hydrogens is 269 g/mol. The van der Waals surface area contributed by atoms with E-state index < -0.39 is 0 Å². The molecular formula is C16H24FN3O. The van der Waals surface area contributed by atoms with E-state index in [2.05, 4.69) is 15.5 Å². The van der Waals surface area contributed by atoms with Crippen LogP contribution in [0.5, 0.6) is 0 Å². The van der Waals surface area contributed by atoms with Crippen molar-refractivity contribution in [3.63, 3.8) is 0 Å². The third kappa shape index (κ3) is 4.79. The van der Waals surface area contributed by atoms with Crippen LogP contribution in [-0.2, 0) is 4.79 Å². The summed E-state index contributed by atoms with van der Waals surface area (Å²) in [5.74, 6) is -0.428. The quantitative estimate of drug-likeness (QED) is 0.894. The van der Waals surface area contributed by atoms with Gasteiger partial charge in [0.2, 0.25) is 5.91 Å². The standard InChI is InChI=1S/C16H24FN3O/c1-12-5-6-13(17)10-15(12)19-16(21)11-20(2)14-4-3-8-18-9-7-14/h5-6,10,14,18H,3-4,7-9,11H2,1-2H3,(H,19,21). The molecule has 116 valence electrons. The molecule has 0 aromatic heterocycles. The fourth-order valence-electron chi connectivity index (χ4n) is 2.72. The highest BCUT2D eigenvalue weighted by Crippen LogP contribution is 2.16. The van der Waals surface area contributed by atoms with Crippen LogP contribution < -0.4 is 10.6 Å². The Morgan fingerprint density at radius 2 is 2.24 bits per heavy atom. The van der Waals surface area contributed by atoms with Crippen molar-refractivity contribution in [1.82, 2.24) is 10.2 Å². The minimum atomic E-state index is -0.334. The van der Waals surface area contributed by atoms with Gasteiger partial charge >= 0.3 is 0 Å². The Kier molecular flexibility index (Phi) is 5.70. The van der Waals surface area contributed by atoms with Gasteiger partial charge in [0.1, 0.15) is 5.82 Å². The van der Waals surface area contributed by atoms with Gasteiger partial charge in [0.15, 0.2) is 0 Å². The van der Waals surface area contributed by atoms with E-state index >= 15 is 0 Å². The lowest BCUT2D eigenvalue weighted by atomic mass is 10.1. The number of halogens is 1. The number of nitrogens with zero attached hydrogens (tertiary/aromatic N) is 1. The van der Waals surface area contributed by atoms with E-state index in [1.54, 1.807) is 6.07 Å². The maximum Gasteiger partial charge on any atom is 0.238 e. The van der Waals surface area contributed by atoms with Gasteiger partial charge in [-0.2, -0.15) is 0 Å². The van der Waals surface area contributed by atoms with Crippen LogP contribution >= 0.6 is 0 Å². The molecule has 1 aliphatic rings. The second-order valence-electron chi connectivity index (χ2n) is 5.76. The minimum Gasteiger partial charge on any atom is -0.325 e. The number of hydrogen-bond acceptors (Lipinski definition) is 3. The first kappa shape index (κ1) is 15.9. The predicted octanol–water partition coefficient (Wildman–Crippen LogP) is 2.15. The van der Waals surface area contributed by atoms with Crippen molar-refractivity contribution in [2.24, 2.45) is 0 Å². The zero-order valence-corrected chi connectivity index (χ0v) is 12.8. The van der Waals surface area contributed by atoms with E-state index in [0.29, 0.717) is 18.3 Å². The average molecular weight is 293 g/mol. The fraction of sp³-hybridized carbons (Fsp3) is 0.562. The number of hydrogen-bond donors (Lipinski definition) is 2. The van der Waals surface area contributed by atoms with Crippen molar-refractivity contribution in [3.05, 3.63) is 29.6 Å². The van der Waals surface area contributed by atoms with E-state index in [0.717, 1.165) is 37.9 Å². The fourth-order valence-corrected chi connectivity index (χ4v) is 2.72. The van der Waals surface area contributed by atoms with Crippen molar-refractivity contribution in [2.75, 3.05) is 32.0 Å². The summed E-state index contributed by atoms with van der Waals surface area (Å²) in [4.78, 5) is 14.2. The first-order valence-electron chi connectivity index (χ1n) is 7.53. The second kappa shape index (κ2) is 7.52. The van der Waals surface area contributed by atoms with Gasteiger partial charge in [-0.15, -0.1) is 0 Å². The lowest BCUT2D eigenvalue weighted by Gasteiger charge is -2.26. The third-order valence-corrected chi connectivity index (χ3v) is 4.04. The van der Waals surface area contributed by atoms with Gasteiger partial charge in [-0.25, -0.2) is 4.39 Å². The molecule has 4 nitrogen and oxygen atoms in total. The van der Waals surface area contributed by atoms with Crippen LogP contribution in [0.15, 0.2) is 18.2 Å². The van der Waals surface area contributed by atoms with Crippen molar-refractivity contribution in [1.29, 1.82) is 0 Å². The number of rotatable bonds is 4. The first-order valence-corrected chi connectivity index (χ1v) is 7.53. The predicted molar refractivity (Wildman–Crippen MR) is 82.9 cm³/mol. The van der Waals surface area contributed by atoms with E-state index in [4.69, 9.17) is 0 Å². The first-order chi connectivity index (χ1) is 10.1. The van der Waals surface area contributed by atoms with Crippen LogP contribution in [-0.4, -0.2) is 43.5 Å². The SMILES string of the molecule is Cc1ccc(F)cc1NC(=O)CN(C)C1CCCNCC1. The van der Waals surface area contributed by atoms with E-state index in [-0.39, 0.29) is 11.7 Å². The Labute approximate surface area is 125 Å². The number of aryl methyl sites for hydroxylation is 1. The third-order valence-electron chi connectivity index (χ3n) is 4.04. The van der Waals surface area contributed by atoms with Gasteiger partial charge in [0.05, 0.1) is 6.54 Å². The van der Waals surface area contributed by atoms with Crippen LogP contribution in [0.3, 0.4) is 0 Å². The van der Waals surface area contributed by atoms with Crippen molar-refractivity contribution in [2.45, 2.75) is 32.2 Å². The summed E-state index contributed by atoms with van der Waals surface area (Å²) in [6, 6.07) is 4.86. The summed E-state index contributed by atoms with van der Waals surface area (Å²) in [5, 5.41) is 6.17. The number of nitrogens with one attached hydrogen (secondary N) is 2. The molecule has 5 heteroatoms. The molecule has 0 radical (unpaired) electrons. The Morgan fingerprint density at radius 3 is 3.05 bits per heavy atom. The molecule has 1 aromatic carbocycles. The van der Waals surface area contributed by atoms with E-state index in [1.807, 2.05) is 14.0 Å². The maximum atomic E-state index is 13.2. The van der Waals surface area contributed by atoms with Crippen molar-refractivity contribution >= 4 is 11.6 Å². The zero-order valence-electron chi connectivity index (χ0n) is 12.8. The van der Waals surface area contributed by atoms with Crippen LogP contribution in [0.25, 0.3) is 0 Å². The van der Waals surface area contributed by atoms with Crippen LogP contribution in [0.2, 0.25) is 0 Å². The Hall–Kier alpha value is -1.46. The van der Waals surface area contributed by atoms with Crippen molar-refractivity contribution in [3.8, 4) is 0 Å². The average Bonchev–Trinajstić information content (AvgIpc) is 2.72. The molecule has 1 aliphatic heterocycles. The Morgan fingerprint density at radius 1 is 1.43 bits per heavy atom. The minimum absolute atomic E-state index is 0.0941. The number of carbonyl (C=O) groups excluding carboxylic acids is 1. The van der Waals surface area contributed by atoms with E-state index in [9.17, 15) is 9.18 Å². The summed E-state index contributed by atoms with van der Waals surface area (Å²) < 4.78 is 13.2. The second-order valence-corrected chi connectivity index (χ2v) is 5.76. The summed E-state index contributed by atoms with van der Waals surface area (Å²) in [6.45, 7) is 4.25. The molecule has 1 atom stereocenters. The summed E-state index contributed by atoms with van der Waals surface area (Å²) in [6.07, 6.45) is 3.30. The molecule has 2 N–H and O–H groups in total. The van der Waals surface area contributed by atoms with Gasteiger partial charge in [-0.05, 0) is 64.0 Å². The number of benzene rings is 1. The summed E-state index contributed by atoms with van der Waals surface area (Å²) >= 11 is 0. The molecule has 1 unspecified atom stereocenters. The highest BCUT2D eigenvalue weighted by Gasteiger charge is 2.19.